The zero-order chi connectivity index (χ0) is 14.2. The van der Waals surface area contributed by atoms with E-state index in [4.69, 9.17) is 4.42 Å². The van der Waals surface area contributed by atoms with Gasteiger partial charge >= 0.3 is 11.9 Å². The summed E-state index contributed by atoms with van der Waals surface area (Å²) in [7, 11) is 0. The Hall–Kier alpha value is -2.38. The van der Waals surface area contributed by atoms with E-state index in [1.807, 2.05) is 19.2 Å². The summed E-state index contributed by atoms with van der Waals surface area (Å²) < 4.78 is 5.34. The lowest BCUT2D eigenvalue weighted by Gasteiger charge is -2.13. The number of aromatic nitrogens is 1. The lowest BCUT2D eigenvalue weighted by atomic mass is 10.2. The van der Waals surface area contributed by atoms with Crippen LogP contribution in [0.3, 0.4) is 0 Å². The van der Waals surface area contributed by atoms with Gasteiger partial charge in [-0.25, -0.2) is 14.8 Å². The van der Waals surface area contributed by atoms with Gasteiger partial charge in [0.25, 0.3) is 0 Å². The summed E-state index contributed by atoms with van der Waals surface area (Å²) in [6.07, 6.45) is 0. The molecule has 0 bridgehead atoms. The number of urea groups is 1. The molecule has 1 aromatic heterocycles. The molecule has 0 spiro atoms. The number of imide groups is 1. The third-order valence-electron chi connectivity index (χ3n) is 2.54. The second kappa shape index (κ2) is 4.71. The monoisotopic (exact) mass is 266 g/mol. The predicted octanol–water partition coefficient (Wildman–Crippen LogP) is 0.303. The molecule has 0 unspecified atom stereocenters. The summed E-state index contributed by atoms with van der Waals surface area (Å²) in [5.41, 5.74) is 2.73. The van der Waals surface area contributed by atoms with E-state index in [1.165, 1.54) is 0 Å². The van der Waals surface area contributed by atoms with E-state index in [1.54, 1.807) is 6.92 Å². The van der Waals surface area contributed by atoms with Gasteiger partial charge in [0.15, 0.2) is 5.89 Å². The Morgan fingerprint density at radius 2 is 2.16 bits per heavy atom. The molecule has 1 aromatic rings. The van der Waals surface area contributed by atoms with E-state index in [-0.39, 0.29) is 18.2 Å². The highest BCUT2D eigenvalue weighted by atomic mass is 16.4. The Kier molecular flexibility index (Phi) is 3.24. The molecule has 1 saturated heterocycles. The fraction of sp³-hybridized carbons (Fsp3) is 0.455. The highest BCUT2D eigenvalue weighted by Crippen LogP contribution is 2.17. The van der Waals surface area contributed by atoms with Crippen molar-refractivity contribution in [2.45, 2.75) is 26.7 Å². The van der Waals surface area contributed by atoms with Crippen LogP contribution in [0.4, 0.5) is 4.79 Å². The summed E-state index contributed by atoms with van der Waals surface area (Å²) >= 11 is 0. The maximum Gasteiger partial charge on any atom is 0.343 e. The summed E-state index contributed by atoms with van der Waals surface area (Å²) in [4.78, 5) is 38.3. The number of carbonyl (C=O) groups excluding carboxylic acids is 3. The molecule has 1 aliphatic rings. The van der Waals surface area contributed by atoms with Crippen molar-refractivity contribution in [3.8, 4) is 0 Å². The molecule has 8 nitrogen and oxygen atoms in total. The highest BCUT2D eigenvalue weighted by molar-refractivity contribution is 6.03. The van der Waals surface area contributed by atoms with Crippen molar-refractivity contribution in [3.05, 3.63) is 17.3 Å². The third-order valence-corrected chi connectivity index (χ3v) is 2.54. The van der Waals surface area contributed by atoms with Gasteiger partial charge in [0, 0.05) is 5.92 Å². The van der Waals surface area contributed by atoms with Crippen molar-refractivity contribution in [1.82, 2.24) is 20.7 Å². The van der Waals surface area contributed by atoms with Gasteiger partial charge in [-0.2, -0.15) is 0 Å². The number of nitrogens with one attached hydrogen (secondary N) is 2. The Labute approximate surface area is 109 Å². The van der Waals surface area contributed by atoms with Gasteiger partial charge in [0.1, 0.15) is 6.54 Å². The number of rotatable bonds is 3. The lowest BCUT2D eigenvalue weighted by Crippen LogP contribution is -2.44. The first-order valence-corrected chi connectivity index (χ1v) is 5.78. The molecule has 2 N–H and O–H groups in total. The zero-order valence-electron chi connectivity index (χ0n) is 10.8. The Balaban J connectivity index is 2.12. The topological polar surface area (TPSA) is 105 Å². The number of hydrazine groups is 1. The number of amides is 4. The Morgan fingerprint density at radius 3 is 2.63 bits per heavy atom. The van der Waals surface area contributed by atoms with Crippen molar-refractivity contribution in [1.29, 1.82) is 0 Å². The highest BCUT2D eigenvalue weighted by Gasteiger charge is 2.30. The second-order valence-corrected chi connectivity index (χ2v) is 4.50. The largest absolute Gasteiger partial charge is 0.435 e. The van der Waals surface area contributed by atoms with Gasteiger partial charge in [0.2, 0.25) is 11.7 Å². The van der Waals surface area contributed by atoms with Crippen LogP contribution >= 0.6 is 0 Å². The van der Waals surface area contributed by atoms with Crippen LogP contribution in [-0.4, -0.2) is 34.4 Å². The van der Waals surface area contributed by atoms with Crippen molar-refractivity contribution in [3.63, 3.8) is 0 Å². The van der Waals surface area contributed by atoms with Gasteiger partial charge < -0.3 is 4.42 Å². The molecule has 2 rings (SSSR count). The maximum atomic E-state index is 11.9. The van der Waals surface area contributed by atoms with E-state index in [0.29, 0.717) is 11.6 Å². The van der Waals surface area contributed by atoms with E-state index in [2.05, 4.69) is 10.4 Å². The summed E-state index contributed by atoms with van der Waals surface area (Å²) in [6, 6.07) is -0.667. The Bertz CT molecular complexity index is 549. The molecule has 4 amide bonds. The molecule has 2 heterocycles. The van der Waals surface area contributed by atoms with Crippen LogP contribution in [-0.2, 0) is 4.79 Å². The Morgan fingerprint density at radius 1 is 1.47 bits per heavy atom. The molecule has 0 aliphatic carbocycles. The van der Waals surface area contributed by atoms with Crippen LogP contribution in [0.2, 0.25) is 0 Å². The second-order valence-electron chi connectivity index (χ2n) is 4.50. The third kappa shape index (κ3) is 2.56. The standard InChI is InChI=1S/C11H14N4O4/c1-5(2)10-12-6(3)8(19-10)9(17)14-15-4-7(16)13-11(15)18/h5H,4H2,1-3H3,(H,14,17)(H,13,16,18). The molecule has 0 radical (unpaired) electrons. The average molecular weight is 266 g/mol. The minimum atomic E-state index is -0.667. The minimum absolute atomic E-state index is 0.0378. The van der Waals surface area contributed by atoms with Crippen LogP contribution in [0, 0.1) is 6.92 Å². The van der Waals surface area contributed by atoms with E-state index in [0.717, 1.165) is 5.01 Å². The molecule has 19 heavy (non-hydrogen) atoms. The normalized spacial score (nSPS) is 15.1. The fourth-order valence-corrected chi connectivity index (χ4v) is 1.58. The quantitative estimate of drug-likeness (QED) is 0.766. The van der Waals surface area contributed by atoms with Crippen LogP contribution in [0.1, 0.15) is 41.9 Å². The molecule has 102 valence electrons. The molecule has 1 aliphatic heterocycles. The maximum absolute atomic E-state index is 11.9. The average Bonchev–Trinajstić information content (AvgIpc) is 2.83. The van der Waals surface area contributed by atoms with Gasteiger partial charge in [-0.15, -0.1) is 0 Å². The van der Waals surface area contributed by atoms with Crippen molar-refractivity contribution in [2.75, 3.05) is 6.54 Å². The lowest BCUT2D eigenvalue weighted by molar-refractivity contribution is -0.118. The number of hydrogen-bond acceptors (Lipinski definition) is 5. The molecule has 1 fully saturated rings. The summed E-state index contributed by atoms with van der Waals surface area (Å²) in [5, 5.41) is 2.94. The molecule has 8 heteroatoms. The van der Waals surface area contributed by atoms with Gasteiger partial charge in [-0.3, -0.25) is 20.3 Å². The molecular formula is C11H14N4O4. The molecule has 0 saturated carbocycles. The van der Waals surface area contributed by atoms with Crippen LogP contribution < -0.4 is 10.7 Å². The van der Waals surface area contributed by atoms with E-state index < -0.39 is 17.8 Å². The number of hydrogen-bond donors (Lipinski definition) is 2. The van der Waals surface area contributed by atoms with Crippen LogP contribution in [0.5, 0.6) is 0 Å². The SMILES string of the molecule is Cc1nc(C(C)C)oc1C(=O)NN1CC(=O)NC1=O. The predicted molar refractivity (Wildman–Crippen MR) is 63.0 cm³/mol. The van der Waals surface area contributed by atoms with E-state index in [9.17, 15) is 14.4 Å². The molecular weight excluding hydrogens is 252 g/mol. The smallest absolute Gasteiger partial charge is 0.343 e. The minimum Gasteiger partial charge on any atom is -0.435 e. The number of oxazole rings is 1. The summed E-state index contributed by atoms with van der Waals surface area (Å²) in [6.45, 7) is 5.20. The number of nitrogens with zero attached hydrogens (tertiary/aromatic N) is 2. The van der Waals surface area contributed by atoms with Gasteiger partial charge in [-0.1, -0.05) is 13.8 Å². The zero-order valence-corrected chi connectivity index (χ0v) is 10.8. The number of aryl methyl sites for hydroxylation is 1. The molecule has 0 atom stereocenters. The number of carbonyl (C=O) groups is 3. The van der Waals surface area contributed by atoms with Crippen LogP contribution in [0.15, 0.2) is 4.42 Å². The van der Waals surface area contributed by atoms with Crippen molar-refractivity contribution >= 4 is 17.8 Å². The van der Waals surface area contributed by atoms with Crippen molar-refractivity contribution in [2.24, 2.45) is 0 Å². The summed E-state index contributed by atoms with van der Waals surface area (Å²) in [5.74, 6) is -0.540. The first-order chi connectivity index (χ1) is 8.88. The first kappa shape index (κ1) is 13.1. The van der Waals surface area contributed by atoms with Crippen molar-refractivity contribution < 1.29 is 18.8 Å². The molecule has 0 aromatic carbocycles. The van der Waals surface area contributed by atoms with Gasteiger partial charge in [0.05, 0.1) is 5.69 Å². The van der Waals surface area contributed by atoms with E-state index >= 15 is 0 Å². The van der Waals surface area contributed by atoms with Gasteiger partial charge in [-0.05, 0) is 6.92 Å². The fourth-order valence-electron chi connectivity index (χ4n) is 1.58. The first-order valence-electron chi connectivity index (χ1n) is 5.78. The van der Waals surface area contributed by atoms with Crippen LogP contribution in [0.25, 0.3) is 0 Å².